The molecule has 0 spiro atoms. The second-order valence-corrected chi connectivity index (χ2v) is 4.50. The van der Waals surface area contributed by atoms with Crippen LogP contribution in [-0.2, 0) is 0 Å². The summed E-state index contributed by atoms with van der Waals surface area (Å²) in [5.74, 6) is 3.97. The average molecular weight is 157 g/mol. The fourth-order valence-electron chi connectivity index (χ4n) is 3.50. The van der Waals surface area contributed by atoms with E-state index in [1.165, 1.54) is 6.42 Å². The number of nitrogen functional groups attached to an aromatic ring is 1. The molecule has 0 saturated heterocycles. The first kappa shape index (κ1) is 5.63. The van der Waals surface area contributed by atoms with Gasteiger partial charge in [-0.05, 0) is 53.4 Å². The minimum atomic E-state index is 0.901. The van der Waals surface area contributed by atoms with Crippen LogP contribution in [0.4, 0.5) is 5.69 Å². The summed E-state index contributed by atoms with van der Waals surface area (Å²) in [5.41, 5.74) is 9.91. The third kappa shape index (κ3) is 0.401. The predicted molar refractivity (Wildman–Crippen MR) is 47.9 cm³/mol. The highest BCUT2D eigenvalue weighted by Crippen LogP contribution is 2.78. The van der Waals surface area contributed by atoms with Crippen LogP contribution in [0.1, 0.15) is 29.4 Å². The normalized spacial score (nSPS) is 44.7. The predicted octanol–water partition coefficient (Wildman–Crippen LogP) is 2.10. The lowest BCUT2D eigenvalue weighted by atomic mass is 9.78. The Morgan fingerprint density at radius 1 is 1.25 bits per heavy atom. The largest absolute Gasteiger partial charge is 0.399 e. The standard InChI is InChI=1S/C11H11N/c12-5-1-2-6-7(3-5)8-4-9-10(6)11(8)9/h1-3,8-11H,4,12H2/t8-,9-,10+,11-/m0/s1. The summed E-state index contributed by atoms with van der Waals surface area (Å²) < 4.78 is 0. The molecule has 0 bridgehead atoms. The first-order chi connectivity index (χ1) is 5.86. The minimum absolute atomic E-state index is 0.901. The highest BCUT2D eigenvalue weighted by Gasteiger charge is 2.68. The lowest BCUT2D eigenvalue weighted by molar-refractivity contribution is 0.388. The Labute approximate surface area is 71.6 Å². The minimum Gasteiger partial charge on any atom is -0.399 e. The Hall–Kier alpha value is -0.980. The molecule has 1 nitrogen and oxygen atoms in total. The van der Waals surface area contributed by atoms with E-state index in [1.807, 2.05) is 0 Å². The molecule has 0 heterocycles. The average Bonchev–Trinajstić information content (AvgIpc) is 2.48. The summed E-state index contributed by atoms with van der Waals surface area (Å²) in [5, 5.41) is 0. The van der Waals surface area contributed by atoms with E-state index in [9.17, 15) is 0 Å². The van der Waals surface area contributed by atoms with Gasteiger partial charge in [-0.1, -0.05) is 6.07 Å². The Kier molecular flexibility index (Phi) is 0.663. The van der Waals surface area contributed by atoms with Crippen LogP contribution in [0.15, 0.2) is 18.2 Å². The van der Waals surface area contributed by atoms with Crippen molar-refractivity contribution in [3.05, 3.63) is 29.3 Å². The molecule has 0 aliphatic heterocycles. The molecule has 2 saturated carbocycles. The van der Waals surface area contributed by atoms with E-state index >= 15 is 0 Å². The Bertz CT molecular complexity index is 383. The fourth-order valence-corrected chi connectivity index (χ4v) is 3.50. The van der Waals surface area contributed by atoms with E-state index < -0.39 is 0 Å². The van der Waals surface area contributed by atoms with Crippen molar-refractivity contribution in [1.29, 1.82) is 0 Å². The SMILES string of the molecule is Nc1ccc2c(c1)[C@@H]1C[C@H]3[C@@H]2[C@H]31. The van der Waals surface area contributed by atoms with E-state index in [1.54, 1.807) is 11.1 Å². The number of hydrogen-bond donors (Lipinski definition) is 1. The molecule has 0 amide bonds. The maximum atomic E-state index is 5.77. The topological polar surface area (TPSA) is 26.0 Å². The van der Waals surface area contributed by atoms with Gasteiger partial charge in [0.25, 0.3) is 0 Å². The molecular weight excluding hydrogens is 146 g/mol. The Morgan fingerprint density at radius 3 is 3.08 bits per heavy atom. The second-order valence-electron chi connectivity index (χ2n) is 4.50. The van der Waals surface area contributed by atoms with E-state index in [-0.39, 0.29) is 0 Å². The third-order valence-electron chi connectivity index (χ3n) is 4.09. The molecular formula is C11H11N. The van der Waals surface area contributed by atoms with Crippen LogP contribution in [0.5, 0.6) is 0 Å². The van der Waals surface area contributed by atoms with E-state index in [2.05, 4.69) is 18.2 Å². The lowest BCUT2D eigenvalue weighted by Gasteiger charge is -2.26. The molecule has 0 aromatic heterocycles. The van der Waals surface area contributed by atoms with Crippen LogP contribution in [0.2, 0.25) is 0 Å². The highest BCUT2D eigenvalue weighted by molar-refractivity contribution is 5.57. The number of anilines is 1. The summed E-state index contributed by atoms with van der Waals surface area (Å²) in [6.45, 7) is 0. The van der Waals surface area contributed by atoms with Gasteiger partial charge in [0.1, 0.15) is 0 Å². The van der Waals surface area contributed by atoms with Crippen molar-refractivity contribution in [3.8, 4) is 0 Å². The van der Waals surface area contributed by atoms with E-state index in [0.29, 0.717) is 0 Å². The van der Waals surface area contributed by atoms with Gasteiger partial charge in [0.2, 0.25) is 0 Å². The van der Waals surface area contributed by atoms with Crippen molar-refractivity contribution in [2.24, 2.45) is 11.8 Å². The summed E-state index contributed by atoms with van der Waals surface area (Å²) in [4.78, 5) is 0. The zero-order valence-corrected chi connectivity index (χ0v) is 6.83. The van der Waals surface area contributed by atoms with Crippen molar-refractivity contribution in [3.63, 3.8) is 0 Å². The number of benzene rings is 1. The van der Waals surface area contributed by atoms with Crippen LogP contribution in [0.3, 0.4) is 0 Å². The maximum Gasteiger partial charge on any atom is 0.0317 e. The first-order valence-electron chi connectivity index (χ1n) is 4.75. The summed E-state index contributed by atoms with van der Waals surface area (Å²) in [6, 6.07) is 6.50. The van der Waals surface area contributed by atoms with Gasteiger partial charge in [0, 0.05) is 5.69 Å². The monoisotopic (exact) mass is 157 g/mol. The quantitative estimate of drug-likeness (QED) is 0.573. The Morgan fingerprint density at radius 2 is 2.17 bits per heavy atom. The number of rotatable bonds is 0. The fraction of sp³-hybridized carbons (Fsp3) is 0.455. The van der Waals surface area contributed by atoms with Crippen molar-refractivity contribution >= 4 is 5.69 Å². The molecule has 0 radical (unpaired) electrons. The Balaban J connectivity index is 2.01. The van der Waals surface area contributed by atoms with Gasteiger partial charge in [0.05, 0.1) is 0 Å². The van der Waals surface area contributed by atoms with Crippen LogP contribution in [0.25, 0.3) is 0 Å². The molecule has 12 heavy (non-hydrogen) atoms. The van der Waals surface area contributed by atoms with Crippen LogP contribution in [-0.4, -0.2) is 0 Å². The van der Waals surface area contributed by atoms with Crippen LogP contribution < -0.4 is 5.73 Å². The molecule has 1 heteroatoms. The molecule has 3 aliphatic carbocycles. The maximum absolute atomic E-state index is 5.77. The van der Waals surface area contributed by atoms with Gasteiger partial charge in [-0.3, -0.25) is 0 Å². The summed E-state index contributed by atoms with van der Waals surface area (Å²) >= 11 is 0. The molecule has 2 N–H and O–H groups in total. The smallest absolute Gasteiger partial charge is 0.0317 e. The third-order valence-corrected chi connectivity index (χ3v) is 4.09. The molecule has 4 atom stereocenters. The zero-order chi connectivity index (χ0) is 7.87. The number of fused-ring (bicyclic) bond motifs is 4. The molecule has 3 aliphatic rings. The number of nitrogens with two attached hydrogens (primary N) is 1. The molecule has 1 aromatic rings. The van der Waals surface area contributed by atoms with Crippen molar-refractivity contribution < 1.29 is 0 Å². The first-order valence-corrected chi connectivity index (χ1v) is 4.75. The van der Waals surface area contributed by atoms with Crippen molar-refractivity contribution in [2.45, 2.75) is 18.3 Å². The van der Waals surface area contributed by atoms with Crippen LogP contribution in [0, 0.1) is 11.8 Å². The number of hydrogen-bond acceptors (Lipinski definition) is 1. The van der Waals surface area contributed by atoms with Gasteiger partial charge in [-0.15, -0.1) is 0 Å². The van der Waals surface area contributed by atoms with Gasteiger partial charge in [-0.2, -0.15) is 0 Å². The van der Waals surface area contributed by atoms with Crippen LogP contribution >= 0.6 is 0 Å². The van der Waals surface area contributed by atoms with Gasteiger partial charge < -0.3 is 5.73 Å². The van der Waals surface area contributed by atoms with Gasteiger partial charge in [-0.25, -0.2) is 0 Å². The molecule has 0 unspecified atom stereocenters. The lowest BCUT2D eigenvalue weighted by Crippen LogP contribution is -2.14. The molecule has 4 rings (SSSR count). The second kappa shape index (κ2) is 1.41. The molecule has 60 valence electrons. The van der Waals surface area contributed by atoms with Crippen molar-refractivity contribution in [2.75, 3.05) is 5.73 Å². The zero-order valence-electron chi connectivity index (χ0n) is 6.83. The molecule has 2 fully saturated rings. The van der Waals surface area contributed by atoms with E-state index in [0.717, 1.165) is 29.4 Å². The highest BCUT2D eigenvalue weighted by atomic mass is 14.7. The van der Waals surface area contributed by atoms with Gasteiger partial charge >= 0.3 is 0 Å². The summed E-state index contributed by atoms with van der Waals surface area (Å²) in [6.07, 6.45) is 1.45. The molecule has 1 aromatic carbocycles. The summed E-state index contributed by atoms with van der Waals surface area (Å²) in [7, 11) is 0. The van der Waals surface area contributed by atoms with E-state index in [4.69, 9.17) is 5.73 Å². The van der Waals surface area contributed by atoms with Crippen molar-refractivity contribution in [1.82, 2.24) is 0 Å². The van der Waals surface area contributed by atoms with Gasteiger partial charge in [0.15, 0.2) is 0 Å².